The number of rotatable bonds is 4. The minimum atomic E-state index is -0.702. The van der Waals surface area contributed by atoms with E-state index in [1.54, 1.807) is 36.4 Å². The Kier molecular flexibility index (Phi) is 5.96. The summed E-state index contributed by atoms with van der Waals surface area (Å²) in [6.07, 6.45) is 1.64. The summed E-state index contributed by atoms with van der Waals surface area (Å²) in [6.45, 7) is 0. The maximum absolute atomic E-state index is 12.2. The highest BCUT2D eigenvalue weighted by Gasteiger charge is 2.33. The van der Waals surface area contributed by atoms with Gasteiger partial charge in [0, 0.05) is 16.7 Å². The first kappa shape index (κ1) is 19.9. The fourth-order valence-electron chi connectivity index (χ4n) is 2.51. The number of aromatic hydroxyl groups is 1. The van der Waals surface area contributed by atoms with E-state index in [1.807, 2.05) is 0 Å². The first-order valence-corrected chi connectivity index (χ1v) is 9.25. The molecule has 0 saturated heterocycles. The minimum absolute atomic E-state index is 0.0310. The minimum Gasteiger partial charge on any atom is -0.508 e. The lowest BCUT2D eigenvalue weighted by Gasteiger charge is -2.06. The van der Waals surface area contributed by atoms with E-state index in [9.17, 15) is 15.0 Å². The van der Waals surface area contributed by atoms with Gasteiger partial charge < -0.3 is 19.7 Å². The molecule has 1 aliphatic heterocycles. The number of phenolic OH excluding ortho intramolecular Hbond substituents is 1. The fourth-order valence-corrected chi connectivity index (χ4v) is 3.72. The van der Waals surface area contributed by atoms with E-state index in [1.165, 1.54) is 26.4 Å². The predicted molar refractivity (Wildman–Crippen MR) is 110 cm³/mol. The number of esters is 1. The van der Waals surface area contributed by atoms with Crippen LogP contribution in [0.4, 0.5) is 5.69 Å². The van der Waals surface area contributed by atoms with Gasteiger partial charge in [-0.25, -0.2) is 9.79 Å². The van der Waals surface area contributed by atoms with Crippen LogP contribution < -0.4 is 4.74 Å². The first-order chi connectivity index (χ1) is 13.4. The Morgan fingerprint density at radius 3 is 2.64 bits per heavy atom. The molecular weight excluding hydrogens is 402 g/mol. The van der Waals surface area contributed by atoms with Crippen LogP contribution in [0.5, 0.6) is 11.5 Å². The number of benzene rings is 2. The molecule has 0 radical (unpaired) electrons. The SMILES string of the molecule is COC(=O)C1=C(O)C(=Cc2ccc(O)cc2OC)SC1=Nc1cccc(Cl)c1. The van der Waals surface area contributed by atoms with Crippen molar-refractivity contribution < 1.29 is 24.5 Å². The van der Waals surface area contributed by atoms with E-state index >= 15 is 0 Å². The summed E-state index contributed by atoms with van der Waals surface area (Å²) < 4.78 is 10.0. The van der Waals surface area contributed by atoms with Gasteiger partial charge in [-0.3, -0.25) is 0 Å². The van der Waals surface area contributed by atoms with Crippen molar-refractivity contribution in [3.05, 3.63) is 69.3 Å². The van der Waals surface area contributed by atoms with Crippen LogP contribution in [-0.2, 0) is 9.53 Å². The highest BCUT2D eigenvalue weighted by atomic mass is 35.5. The van der Waals surface area contributed by atoms with Gasteiger partial charge >= 0.3 is 5.97 Å². The molecule has 3 rings (SSSR count). The number of carbonyl (C=O) groups is 1. The number of ether oxygens (including phenoxy) is 2. The first-order valence-electron chi connectivity index (χ1n) is 8.06. The number of thioether (sulfide) groups is 1. The molecule has 0 unspecified atom stereocenters. The fraction of sp³-hybridized carbons (Fsp3) is 0.100. The van der Waals surface area contributed by atoms with Gasteiger partial charge in [-0.05, 0) is 36.4 Å². The van der Waals surface area contributed by atoms with E-state index in [4.69, 9.17) is 21.1 Å². The van der Waals surface area contributed by atoms with Crippen molar-refractivity contribution >= 4 is 46.1 Å². The third-order valence-electron chi connectivity index (χ3n) is 3.82. The van der Waals surface area contributed by atoms with Gasteiger partial charge in [0.2, 0.25) is 0 Å². The topological polar surface area (TPSA) is 88.4 Å². The standard InChI is InChI=1S/C20H16ClNO5S/c1-26-15-10-14(23)7-6-11(15)8-16-18(24)17(20(25)27-2)19(28-16)22-13-5-3-4-12(21)9-13/h3-10,23-24H,1-2H3. The van der Waals surface area contributed by atoms with E-state index in [2.05, 4.69) is 4.99 Å². The average Bonchev–Trinajstić information content (AvgIpc) is 2.97. The molecule has 0 bridgehead atoms. The summed E-state index contributed by atoms with van der Waals surface area (Å²) in [4.78, 5) is 17.0. The van der Waals surface area contributed by atoms with E-state index < -0.39 is 5.97 Å². The number of hydrogen-bond donors (Lipinski definition) is 2. The Labute approximate surface area is 170 Å². The summed E-state index contributed by atoms with van der Waals surface area (Å²) in [7, 11) is 2.70. The molecule has 1 aliphatic rings. The monoisotopic (exact) mass is 417 g/mol. The molecular formula is C20H16ClNO5S. The lowest BCUT2D eigenvalue weighted by molar-refractivity contribution is -0.135. The van der Waals surface area contributed by atoms with Gasteiger partial charge in [0.1, 0.15) is 27.9 Å². The van der Waals surface area contributed by atoms with Gasteiger partial charge in [0.15, 0.2) is 0 Å². The summed E-state index contributed by atoms with van der Waals surface area (Å²) in [5, 5.41) is 21.0. The van der Waals surface area contributed by atoms with Crippen LogP contribution in [0.15, 0.2) is 63.7 Å². The van der Waals surface area contributed by atoms with Crippen molar-refractivity contribution in [2.45, 2.75) is 0 Å². The summed E-state index contributed by atoms with van der Waals surface area (Å²) in [6, 6.07) is 11.4. The predicted octanol–water partition coefficient (Wildman–Crippen LogP) is 4.86. The van der Waals surface area contributed by atoms with Crippen LogP contribution in [0.25, 0.3) is 6.08 Å². The molecule has 0 fully saturated rings. The lowest BCUT2D eigenvalue weighted by Crippen LogP contribution is -2.10. The second-order valence-corrected chi connectivity index (χ2v) is 7.12. The highest BCUT2D eigenvalue weighted by Crippen LogP contribution is 2.41. The molecule has 0 saturated carbocycles. The summed E-state index contributed by atoms with van der Waals surface area (Å²) in [5.74, 6) is -0.475. The molecule has 28 heavy (non-hydrogen) atoms. The maximum atomic E-state index is 12.2. The number of halogens is 1. The Balaban J connectivity index is 2.08. The Hall–Kier alpha value is -2.90. The van der Waals surface area contributed by atoms with Gasteiger partial charge in [0.25, 0.3) is 0 Å². The number of hydrogen-bond acceptors (Lipinski definition) is 7. The van der Waals surface area contributed by atoms with Crippen LogP contribution in [0.1, 0.15) is 5.56 Å². The number of aliphatic hydroxyl groups is 1. The second-order valence-electron chi connectivity index (χ2n) is 5.65. The Morgan fingerprint density at radius 1 is 1.18 bits per heavy atom. The molecule has 8 heteroatoms. The lowest BCUT2D eigenvalue weighted by atomic mass is 10.1. The zero-order chi connectivity index (χ0) is 20.3. The maximum Gasteiger partial charge on any atom is 0.344 e. The molecule has 1 heterocycles. The van der Waals surface area contributed by atoms with Gasteiger partial charge in [-0.15, -0.1) is 0 Å². The number of carbonyl (C=O) groups excluding carboxylic acids is 1. The molecule has 0 aliphatic carbocycles. The number of phenols is 1. The van der Waals surface area contributed by atoms with Crippen LogP contribution in [0.2, 0.25) is 5.02 Å². The average molecular weight is 418 g/mol. The molecule has 2 N–H and O–H groups in total. The largest absolute Gasteiger partial charge is 0.508 e. The third kappa shape index (κ3) is 4.16. The Bertz CT molecular complexity index is 1030. The second kappa shape index (κ2) is 8.41. The van der Waals surface area contributed by atoms with Crippen molar-refractivity contribution in [3.8, 4) is 11.5 Å². The highest BCUT2D eigenvalue weighted by molar-refractivity contribution is 8.18. The Morgan fingerprint density at radius 2 is 1.96 bits per heavy atom. The number of aliphatic imine (C=N–C) groups is 1. The van der Waals surface area contributed by atoms with Crippen LogP contribution in [0.3, 0.4) is 0 Å². The van der Waals surface area contributed by atoms with E-state index in [0.717, 1.165) is 11.8 Å². The number of methoxy groups -OCH3 is 2. The van der Waals surface area contributed by atoms with Crippen LogP contribution in [-0.4, -0.2) is 35.4 Å². The number of aliphatic hydroxyl groups excluding tert-OH is 1. The molecule has 2 aromatic rings. The van der Waals surface area contributed by atoms with Gasteiger partial charge in [-0.2, -0.15) is 0 Å². The smallest absolute Gasteiger partial charge is 0.344 e. The van der Waals surface area contributed by atoms with Crippen molar-refractivity contribution in [2.75, 3.05) is 14.2 Å². The molecule has 0 amide bonds. The van der Waals surface area contributed by atoms with Crippen LogP contribution >= 0.6 is 23.4 Å². The summed E-state index contributed by atoms with van der Waals surface area (Å²) >= 11 is 7.11. The molecule has 0 spiro atoms. The van der Waals surface area contributed by atoms with E-state index in [0.29, 0.717) is 26.9 Å². The normalized spacial score (nSPS) is 16.7. The zero-order valence-corrected chi connectivity index (χ0v) is 16.5. The van der Waals surface area contributed by atoms with Crippen molar-refractivity contribution in [3.63, 3.8) is 0 Å². The van der Waals surface area contributed by atoms with Crippen LogP contribution in [0, 0.1) is 0 Å². The molecule has 2 aromatic carbocycles. The quantitative estimate of drug-likeness (QED) is 0.691. The van der Waals surface area contributed by atoms with Gasteiger partial charge in [-0.1, -0.05) is 29.4 Å². The molecule has 144 valence electrons. The zero-order valence-electron chi connectivity index (χ0n) is 15.0. The third-order valence-corrected chi connectivity index (χ3v) is 5.08. The van der Waals surface area contributed by atoms with Crippen molar-refractivity contribution in [1.82, 2.24) is 0 Å². The van der Waals surface area contributed by atoms with Crippen molar-refractivity contribution in [2.24, 2.45) is 4.99 Å². The molecule has 6 nitrogen and oxygen atoms in total. The van der Waals surface area contributed by atoms with E-state index in [-0.39, 0.29) is 22.1 Å². The van der Waals surface area contributed by atoms with Crippen molar-refractivity contribution in [1.29, 1.82) is 0 Å². The summed E-state index contributed by atoms with van der Waals surface area (Å²) in [5.41, 5.74) is 1.12. The molecule has 0 atom stereocenters. The molecule has 0 aromatic heterocycles. The van der Waals surface area contributed by atoms with Gasteiger partial charge in [0.05, 0.1) is 24.8 Å². The number of nitrogens with zero attached hydrogens (tertiary/aromatic N) is 1.